The monoisotopic (exact) mass is 258 g/mol. The molecule has 2 N–H and O–H groups in total. The van der Waals surface area contributed by atoms with Crippen LogP contribution in [0.3, 0.4) is 0 Å². The lowest BCUT2D eigenvalue weighted by Gasteiger charge is -2.30. The van der Waals surface area contributed by atoms with E-state index in [1.165, 1.54) is 0 Å². The minimum Gasteiger partial charge on any atom is -0.396 e. The fourth-order valence-electron chi connectivity index (χ4n) is 1.57. The first-order chi connectivity index (χ1) is 7.48. The first-order valence-corrected chi connectivity index (χ1v) is 5.78. The Morgan fingerprint density at radius 2 is 2.38 bits per heavy atom. The molecule has 0 spiro atoms. The predicted octanol–water partition coefficient (Wildman–Crippen LogP) is 2.27. The third-order valence-corrected chi connectivity index (χ3v) is 2.69. The van der Waals surface area contributed by atoms with Crippen molar-refractivity contribution in [3.05, 3.63) is 29.0 Å². The van der Waals surface area contributed by atoms with Gasteiger partial charge in [0.15, 0.2) is 0 Å². The molecule has 1 aromatic rings. The van der Waals surface area contributed by atoms with Crippen molar-refractivity contribution in [2.24, 2.45) is 0 Å². The van der Waals surface area contributed by atoms with Gasteiger partial charge in [-0.2, -0.15) is 0 Å². The molecule has 0 unspecified atom stereocenters. The van der Waals surface area contributed by atoms with E-state index in [1.807, 2.05) is 6.92 Å². The van der Waals surface area contributed by atoms with Crippen LogP contribution < -0.4 is 5.32 Å². The second-order valence-corrected chi connectivity index (χ2v) is 4.90. The molecule has 0 amide bonds. The quantitative estimate of drug-likeness (QED) is 0.814. The van der Waals surface area contributed by atoms with Gasteiger partial charge < -0.3 is 10.4 Å². The molecular weight excluding hydrogens is 244 g/mol. The molecule has 3 nitrogen and oxygen atoms in total. The summed E-state index contributed by atoms with van der Waals surface area (Å²) in [4.78, 5) is 4.93. The van der Waals surface area contributed by atoms with Crippen LogP contribution in [0, 0.1) is 0 Å². The van der Waals surface area contributed by atoms with Gasteiger partial charge in [0, 0.05) is 17.8 Å². The number of rotatable bonds is 4. The number of aromatic nitrogens is 1. The van der Waals surface area contributed by atoms with Gasteiger partial charge in [-0.3, -0.25) is 4.98 Å². The number of nitrogens with zero attached hydrogens (tertiary/aromatic N) is 1. The summed E-state index contributed by atoms with van der Waals surface area (Å²) in [6.07, 6.45) is 2.17. The number of pyridine rings is 1. The van der Waals surface area contributed by atoms with Crippen LogP contribution in [0.2, 0.25) is 5.02 Å². The molecule has 0 radical (unpaired) electrons. The van der Waals surface area contributed by atoms with Crippen molar-refractivity contribution in [3.8, 4) is 0 Å². The van der Waals surface area contributed by atoms with Crippen LogP contribution in [0.4, 0.5) is 0 Å². The number of halogens is 1. The maximum atomic E-state index is 9.10. The molecule has 0 aliphatic rings. The van der Waals surface area contributed by atoms with Crippen LogP contribution >= 0.6 is 23.8 Å². The van der Waals surface area contributed by atoms with Crippen LogP contribution in [0.1, 0.15) is 26.0 Å². The maximum absolute atomic E-state index is 9.10. The van der Waals surface area contributed by atoms with Gasteiger partial charge >= 0.3 is 0 Å². The van der Waals surface area contributed by atoms with Gasteiger partial charge in [0.25, 0.3) is 0 Å². The Morgan fingerprint density at radius 3 is 2.88 bits per heavy atom. The first-order valence-electron chi connectivity index (χ1n) is 4.99. The van der Waals surface area contributed by atoms with Crippen molar-refractivity contribution < 1.29 is 5.11 Å². The fourth-order valence-corrected chi connectivity index (χ4v) is 1.96. The normalized spacial score (nSPS) is 14.2. The average molecular weight is 259 g/mol. The minimum atomic E-state index is -0.481. The van der Waals surface area contributed by atoms with Gasteiger partial charge in [-0.05, 0) is 32.4 Å². The second-order valence-electron chi connectivity index (χ2n) is 3.85. The number of aliphatic hydroxyl groups is 1. The van der Waals surface area contributed by atoms with Crippen molar-refractivity contribution >= 4 is 28.8 Å². The molecule has 0 aromatic carbocycles. The van der Waals surface area contributed by atoms with E-state index >= 15 is 0 Å². The number of nitrogens with one attached hydrogen (secondary N) is 1. The van der Waals surface area contributed by atoms with E-state index in [4.69, 9.17) is 28.9 Å². The Labute approximate surface area is 106 Å². The second kappa shape index (κ2) is 5.57. The average Bonchev–Trinajstić information content (AvgIpc) is 2.16. The lowest BCUT2D eigenvalue weighted by atomic mass is 9.93. The molecular formula is C11H15ClN2OS. The molecule has 1 aromatic heterocycles. The van der Waals surface area contributed by atoms with E-state index in [0.29, 0.717) is 16.4 Å². The zero-order chi connectivity index (χ0) is 12.2. The fraction of sp³-hybridized carbons (Fsp3) is 0.455. The summed E-state index contributed by atoms with van der Waals surface area (Å²) >= 11 is 11.0. The SMILES string of the molecule is CC(=S)N[C@@](C)(CCO)c1cc(Cl)ccn1. The Balaban J connectivity index is 3.05. The van der Waals surface area contributed by atoms with Crippen LogP contribution in [-0.4, -0.2) is 21.7 Å². The molecule has 0 fully saturated rings. The summed E-state index contributed by atoms with van der Waals surface area (Å²) < 4.78 is 0. The van der Waals surface area contributed by atoms with E-state index in [1.54, 1.807) is 25.3 Å². The highest BCUT2D eigenvalue weighted by Gasteiger charge is 2.27. The van der Waals surface area contributed by atoms with Gasteiger partial charge in [-0.1, -0.05) is 23.8 Å². The van der Waals surface area contributed by atoms with Gasteiger partial charge in [0.05, 0.1) is 16.2 Å². The number of hydrogen-bond acceptors (Lipinski definition) is 3. The minimum absolute atomic E-state index is 0.0559. The lowest BCUT2D eigenvalue weighted by Crippen LogP contribution is -2.43. The third-order valence-electron chi connectivity index (χ3n) is 2.35. The smallest absolute Gasteiger partial charge is 0.0794 e. The molecule has 1 heterocycles. The van der Waals surface area contributed by atoms with Crippen molar-refractivity contribution in [3.63, 3.8) is 0 Å². The highest BCUT2D eigenvalue weighted by Crippen LogP contribution is 2.24. The van der Waals surface area contributed by atoms with E-state index in [-0.39, 0.29) is 6.61 Å². The van der Waals surface area contributed by atoms with E-state index < -0.39 is 5.54 Å². The molecule has 0 saturated carbocycles. The Hall–Kier alpha value is -0.710. The van der Waals surface area contributed by atoms with Crippen LogP contribution in [0.25, 0.3) is 0 Å². The molecule has 0 aliphatic carbocycles. The zero-order valence-electron chi connectivity index (χ0n) is 9.33. The van der Waals surface area contributed by atoms with Crippen LogP contribution in [0.15, 0.2) is 18.3 Å². The van der Waals surface area contributed by atoms with Crippen molar-refractivity contribution in [1.29, 1.82) is 0 Å². The molecule has 0 aliphatic heterocycles. The predicted molar refractivity (Wildman–Crippen MR) is 69.7 cm³/mol. The van der Waals surface area contributed by atoms with Crippen LogP contribution in [0.5, 0.6) is 0 Å². The molecule has 1 atom stereocenters. The largest absolute Gasteiger partial charge is 0.396 e. The number of hydrogen-bond donors (Lipinski definition) is 2. The van der Waals surface area contributed by atoms with Gasteiger partial charge in [0.1, 0.15) is 0 Å². The van der Waals surface area contributed by atoms with E-state index in [2.05, 4.69) is 10.3 Å². The zero-order valence-corrected chi connectivity index (χ0v) is 10.9. The van der Waals surface area contributed by atoms with Crippen LogP contribution in [-0.2, 0) is 5.54 Å². The first kappa shape index (κ1) is 13.4. The highest BCUT2D eigenvalue weighted by molar-refractivity contribution is 7.80. The summed E-state index contributed by atoms with van der Waals surface area (Å²) in [5.74, 6) is 0. The van der Waals surface area contributed by atoms with Gasteiger partial charge in [-0.25, -0.2) is 0 Å². The third kappa shape index (κ3) is 3.40. The molecule has 0 saturated heterocycles. The molecule has 5 heteroatoms. The van der Waals surface area contributed by atoms with Crippen molar-refractivity contribution in [2.75, 3.05) is 6.61 Å². The van der Waals surface area contributed by atoms with Gasteiger partial charge in [-0.15, -0.1) is 0 Å². The van der Waals surface area contributed by atoms with E-state index in [9.17, 15) is 0 Å². The summed E-state index contributed by atoms with van der Waals surface area (Å²) in [6.45, 7) is 3.80. The summed E-state index contributed by atoms with van der Waals surface area (Å²) in [5, 5.41) is 12.9. The maximum Gasteiger partial charge on any atom is 0.0794 e. The molecule has 16 heavy (non-hydrogen) atoms. The highest BCUT2D eigenvalue weighted by atomic mass is 35.5. The van der Waals surface area contributed by atoms with Crippen molar-refractivity contribution in [2.45, 2.75) is 25.8 Å². The molecule has 1 rings (SSSR count). The number of aliphatic hydroxyl groups excluding tert-OH is 1. The summed E-state index contributed by atoms with van der Waals surface area (Å²) in [7, 11) is 0. The lowest BCUT2D eigenvalue weighted by molar-refractivity contribution is 0.234. The molecule has 88 valence electrons. The van der Waals surface area contributed by atoms with Gasteiger partial charge in [0.2, 0.25) is 0 Å². The van der Waals surface area contributed by atoms with E-state index in [0.717, 1.165) is 5.69 Å². The summed E-state index contributed by atoms with van der Waals surface area (Å²) in [5.41, 5.74) is 0.295. The molecule has 0 bridgehead atoms. The number of thiocarbonyl (C=S) groups is 1. The van der Waals surface area contributed by atoms with Crippen molar-refractivity contribution in [1.82, 2.24) is 10.3 Å². The standard InChI is InChI=1S/C11H15ClN2OS/c1-8(16)14-11(2,4-6-15)10-7-9(12)3-5-13-10/h3,5,7,15H,4,6H2,1-2H3,(H,14,16)/t11-/m0/s1. The summed E-state index contributed by atoms with van der Waals surface area (Å²) in [6, 6.07) is 3.50. The Kier molecular flexibility index (Phi) is 4.65. The topological polar surface area (TPSA) is 45.1 Å². The Bertz CT molecular complexity index is 386. The Morgan fingerprint density at radius 1 is 1.69 bits per heavy atom.